The Kier molecular flexibility index (Phi) is 3.39. The molecule has 3 nitrogen and oxygen atoms in total. The molecule has 1 atom stereocenters. The quantitative estimate of drug-likeness (QED) is 0.833. The van der Waals surface area contributed by atoms with Crippen LogP contribution in [0.2, 0.25) is 0 Å². The van der Waals surface area contributed by atoms with E-state index in [4.69, 9.17) is 12.2 Å². The van der Waals surface area contributed by atoms with E-state index in [0.29, 0.717) is 5.11 Å². The first kappa shape index (κ1) is 14.0. The molecular weight excluding hydrogens is 285 g/mol. The number of anilines is 1. The van der Waals surface area contributed by atoms with Gasteiger partial charge in [0.25, 0.3) is 0 Å². The van der Waals surface area contributed by atoms with Crippen molar-refractivity contribution in [2.45, 2.75) is 19.5 Å². The number of hydrogen-bond donors (Lipinski definition) is 2. The van der Waals surface area contributed by atoms with E-state index in [1.165, 1.54) is 17.7 Å². The van der Waals surface area contributed by atoms with Crippen LogP contribution in [0.4, 0.5) is 10.1 Å². The Morgan fingerprint density at radius 1 is 1.05 bits per heavy atom. The molecule has 3 rings (SSSR count). The fourth-order valence-electron chi connectivity index (χ4n) is 2.37. The second kappa shape index (κ2) is 5.09. The number of benzene rings is 2. The molecule has 5 heteroatoms. The molecule has 2 aromatic rings. The van der Waals surface area contributed by atoms with Crippen LogP contribution in [0.1, 0.15) is 18.1 Å². The van der Waals surface area contributed by atoms with Gasteiger partial charge in [-0.3, -0.25) is 0 Å². The first-order valence-electron chi connectivity index (χ1n) is 6.71. The lowest BCUT2D eigenvalue weighted by atomic mass is 10.0. The van der Waals surface area contributed by atoms with Crippen LogP contribution in [0.5, 0.6) is 0 Å². The molecule has 2 N–H and O–H groups in total. The number of thiocarbonyl (C=S) groups is 1. The monoisotopic (exact) mass is 301 g/mol. The van der Waals surface area contributed by atoms with Gasteiger partial charge in [-0.1, -0.05) is 29.8 Å². The zero-order valence-electron chi connectivity index (χ0n) is 11.9. The summed E-state index contributed by atoms with van der Waals surface area (Å²) in [4.78, 5) is 0. The molecule has 0 radical (unpaired) electrons. The zero-order chi connectivity index (χ0) is 15.0. The van der Waals surface area contributed by atoms with E-state index in [-0.39, 0.29) is 5.82 Å². The van der Waals surface area contributed by atoms with E-state index >= 15 is 0 Å². The van der Waals surface area contributed by atoms with E-state index in [0.717, 1.165) is 11.3 Å². The molecule has 1 aliphatic rings. The van der Waals surface area contributed by atoms with Crippen LogP contribution in [0.15, 0.2) is 48.5 Å². The summed E-state index contributed by atoms with van der Waals surface area (Å²) in [6.45, 7) is 4.02. The lowest BCUT2D eigenvalue weighted by Gasteiger charge is -2.26. The second-order valence-corrected chi connectivity index (χ2v) is 5.73. The van der Waals surface area contributed by atoms with Crippen molar-refractivity contribution in [3.63, 3.8) is 0 Å². The minimum Gasteiger partial charge on any atom is -0.338 e. The van der Waals surface area contributed by atoms with Gasteiger partial charge in [0, 0.05) is 0 Å². The third-order valence-corrected chi connectivity index (χ3v) is 3.89. The first-order valence-corrected chi connectivity index (χ1v) is 7.11. The molecule has 1 heterocycles. The number of nitrogens with one attached hydrogen (secondary N) is 2. The molecule has 0 aliphatic carbocycles. The summed E-state index contributed by atoms with van der Waals surface area (Å²) in [6.07, 6.45) is 0. The summed E-state index contributed by atoms with van der Waals surface area (Å²) in [5, 5.41) is 5.67. The fourth-order valence-corrected chi connectivity index (χ4v) is 2.72. The molecule has 108 valence electrons. The maximum absolute atomic E-state index is 13.1. The molecular formula is C16H16FN3S. The maximum Gasteiger partial charge on any atom is 0.190 e. The summed E-state index contributed by atoms with van der Waals surface area (Å²) in [6, 6.07) is 14.5. The molecule has 2 aromatic carbocycles. The van der Waals surface area contributed by atoms with E-state index in [2.05, 4.69) is 10.7 Å². The van der Waals surface area contributed by atoms with Gasteiger partial charge in [0.15, 0.2) is 5.11 Å². The highest BCUT2D eigenvalue weighted by Gasteiger charge is 2.38. The smallest absolute Gasteiger partial charge is 0.190 e. The molecule has 1 unspecified atom stereocenters. The molecule has 1 aliphatic heterocycles. The number of halogens is 1. The van der Waals surface area contributed by atoms with Crippen LogP contribution in [0.25, 0.3) is 0 Å². The SMILES string of the molecule is Cc1ccc(N2NC(C)(c3ccc(F)cc3)NC2=S)cc1. The lowest BCUT2D eigenvalue weighted by Crippen LogP contribution is -2.45. The van der Waals surface area contributed by atoms with Crippen molar-refractivity contribution in [1.29, 1.82) is 0 Å². The van der Waals surface area contributed by atoms with Gasteiger partial charge in [-0.2, -0.15) is 5.43 Å². The van der Waals surface area contributed by atoms with Crippen molar-refractivity contribution in [2.24, 2.45) is 0 Å². The van der Waals surface area contributed by atoms with Gasteiger partial charge in [-0.15, -0.1) is 0 Å². The Balaban J connectivity index is 1.89. The topological polar surface area (TPSA) is 27.3 Å². The van der Waals surface area contributed by atoms with Crippen molar-refractivity contribution >= 4 is 23.0 Å². The highest BCUT2D eigenvalue weighted by molar-refractivity contribution is 7.80. The molecule has 21 heavy (non-hydrogen) atoms. The van der Waals surface area contributed by atoms with E-state index in [9.17, 15) is 4.39 Å². The van der Waals surface area contributed by atoms with Crippen LogP contribution in [0.3, 0.4) is 0 Å². The molecule has 0 aromatic heterocycles. The summed E-state index contributed by atoms with van der Waals surface area (Å²) < 4.78 is 13.1. The number of hydrazine groups is 1. The average molecular weight is 301 g/mol. The Morgan fingerprint density at radius 2 is 1.67 bits per heavy atom. The van der Waals surface area contributed by atoms with Crippen LogP contribution >= 0.6 is 12.2 Å². The van der Waals surface area contributed by atoms with Gasteiger partial charge in [-0.25, -0.2) is 9.40 Å². The lowest BCUT2D eigenvalue weighted by molar-refractivity contribution is 0.389. The van der Waals surface area contributed by atoms with Crippen LogP contribution < -0.4 is 15.8 Å². The molecule has 0 amide bonds. The zero-order valence-corrected chi connectivity index (χ0v) is 12.7. The predicted molar refractivity (Wildman–Crippen MR) is 86.3 cm³/mol. The normalized spacial score (nSPS) is 21.5. The van der Waals surface area contributed by atoms with Crippen molar-refractivity contribution in [3.05, 3.63) is 65.5 Å². The molecule has 0 saturated carbocycles. The fraction of sp³-hybridized carbons (Fsp3) is 0.188. The standard InChI is InChI=1S/C16H16FN3S/c1-11-3-9-14(10-4-11)20-15(21)18-16(2,19-20)12-5-7-13(17)8-6-12/h3-10,19H,1-2H3,(H,18,21). The average Bonchev–Trinajstić information content (AvgIpc) is 2.77. The summed E-state index contributed by atoms with van der Waals surface area (Å²) >= 11 is 5.41. The summed E-state index contributed by atoms with van der Waals surface area (Å²) in [7, 11) is 0. The van der Waals surface area contributed by atoms with Crippen LogP contribution in [0, 0.1) is 12.7 Å². The second-order valence-electron chi connectivity index (χ2n) is 5.34. The maximum atomic E-state index is 13.1. The Bertz CT molecular complexity index is 669. The van der Waals surface area contributed by atoms with Gasteiger partial charge >= 0.3 is 0 Å². The van der Waals surface area contributed by atoms with Gasteiger partial charge in [-0.05, 0) is 55.9 Å². The third kappa shape index (κ3) is 2.62. The largest absolute Gasteiger partial charge is 0.338 e. The summed E-state index contributed by atoms with van der Waals surface area (Å²) in [5.41, 5.74) is 5.86. The molecule has 1 fully saturated rings. The first-order chi connectivity index (χ1) is 9.98. The highest BCUT2D eigenvalue weighted by Crippen LogP contribution is 2.26. The van der Waals surface area contributed by atoms with Crippen molar-refractivity contribution in [2.75, 3.05) is 5.01 Å². The minimum atomic E-state index is -0.560. The molecule has 0 bridgehead atoms. The van der Waals surface area contributed by atoms with Crippen molar-refractivity contribution < 1.29 is 4.39 Å². The number of rotatable bonds is 2. The Hall–Kier alpha value is -1.98. The van der Waals surface area contributed by atoms with E-state index < -0.39 is 5.66 Å². The van der Waals surface area contributed by atoms with Gasteiger partial charge in [0.2, 0.25) is 0 Å². The van der Waals surface area contributed by atoms with Gasteiger partial charge in [0.1, 0.15) is 11.5 Å². The van der Waals surface area contributed by atoms with Crippen LogP contribution in [-0.4, -0.2) is 5.11 Å². The predicted octanol–water partition coefficient (Wildman–Crippen LogP) is 3.21. The molecule has 1 saturated heterocycles. The summed E-state index contributed by atoms with van der Waals surface area (Å²) in [5.74, 6) is -0.252. The van der Waals surface area contributed by atoms with Crippen molar-refractivity contribution in [3.8, 4) is 0 Å². The number of aryl methyl sites for hydroxylation is 1. The Morgan fingerprint density at radius 3 is 2.29 bits per heavy atom. The van der Waals surface area contributed by atoms with Crippen LogP contribution in [-0.2, 0) is 5.66 Å². The van der Waals surface area contributed by atoms with E-state index in [1.54, 1.807) is 12.1 Å². The third-order valence-electron chi connectivity index (χ3n) is 3.61. The number of hydrogen-bond acceptors (Lipinski definition) is 2. The van der Waals surface area contributed by atoms with Gasteiger partial charge < -0.3 is 5.32 Å². The van der Waals surface area contributed by atoms with E-state index in [1.807, 2.05) is 43.1 Å². The van der Waals surface area contributed by atoms with Gasteiger partial charge in [0.05, 0.1) is 5.69 Å². The minimum absolute atomic E-state index is 0.252. The molecule has 0 spiro atoms. The highest BCUT2D eigenvalue weighted by atomic mass is 32.1. The number of nitrogens with zero attached hydrogens (tertiary/aromatic N) is 1. The Labute approximate surface area is 128 Å². The van der Waals surface area contributed by atoms with Crippen molar-refractivity contribution in [1.82, 2.24) is 10.7 Å².